The first-order valence-electron chi connectivity index (χ1n) is 11.7. The quantitative estimate of drug-likeness (QED) is 0.310. The monoisotopic (exact) mass is 410 g/mol. The summed E-state index contributed by atoms with van der Waals surface area (Å²) >= 11 is 0. The molecule has 0 radical (unpaired) electrons. The normalized spacial score (nSPS) is 18.9. The lowest BCUT2D eigenvalue weighted by atomic mass is 9.77. The average molecular weight is 411 g/mol. The molecule has 3 rings (SSSR count). The second kappa shape index (κ2) is 11.3. The van der Waals surface area contributed by atoms with E-state index in [2.05, 4.69) is 13.0 Å². The summed E-state index contributed by atoms with van der Waals surface area (Å²) in [5.41, 5.74) is 2.99. The second-order valence-electron chi connectivity index (χ2n) is 8.67. The number of benzene rings is 2. The number of hydrogen-bond acceptors (Lipinski definition) is 2. The molecule has 2 nitrogen and oxygen atoms in total. The minimum absolute atomic E-state index is 0.182. The van der Waals surface area contributed by atoms with Crippen LogP contribution in [0.15, 0.2) is 42.5 Å². The van der Waals surface area contributed by atoms with Crippen LogP contribution in [-0.4, -0.2) is 12.6 Å². The molecule has 1 aliphatic rings. The number of carbonyl (C=O) groups is 1. The van der Waals surface area contributed by atoms with Crippen LogP contribution in [0.25, 0.3) is 11.1 Å². The van der Waals surface area contributed by atoms with Gasteiger partial charge in [-0.15, -0.1) is 0 Å². The molecule has 2 aromatic rings. The van der Waals surface area contributed by atoms with Gasteiger partial charge in [-0.2, -0.15) is 0 Å². The summed E-state index contributed by atoms with van der Waals surface area (Å²) in [4.78, 5) is 11.9. The summed E-state index contributed by atoms with van der Waals surface area (Å²) in [6.45, 7) is 4.63. The fourth-order valence-corrected chi connectivity index (χ4v) is 4.55. The van der Waals surface area contributed by atoms with Crippen molar-refractivity contribution < 1.29 is 13.9 Å². The molecular formula is C27H35FO2. The predicted molar refractivity (Wildman–Crippen MR) is 121 cm³/mol. The van der Waals surface area contributed by atoms with Crippen LogP contribution in [0, 0.1) is 11.7 Å². The van der Waals surface area contributed by atoms with E-state index >= 15 is 0 Å². The zero-order chi connectivity index (χ0) is 21.3. The van der Waals surface area contributed by atoms with E-state index in [0.717, 1.165) is 23.5 Å². The van der Waals surface area contributed by atoms with Gasteiger partial charge in [-0.3, -0.25) is 0 Å². The highest BCUT2D eigenvalue weighted by Gasteiger charge is 2.23. The zero-order valence-corrected chi connectivity index (χ0v) is 18.5. The smallest absolute Gasteiger partial charge is 0.338 e. The maximum Gasteiger partial charge on any atom is 0.338 e. The Morgan fingerprint density at radius 2 is 1.70 bits per heavy atom. The van der Waals surface area contributed by atoms with E-state index in [-0.39, 0.29) is 11.8 Å². The van der Waals surface area contributed by atoms with Gasteiger partial charge in [-0.05, 0) is 73.3 Å². The maximum atomic E-state index is 14.9. The van der Waals surface area contributed by atoms with Crippen molar-refractivity contribution in [2.45, 2.75) is 77.6 Å². The molecule has 1 aliphatic carbocycles. The third-order valence-electron chi connectivity index (χ3n) is 6.40. The number of hydrogen-bond donors (Lipinski definition) is 0. The summed E-state index contributed by atoms with van der Waals surface area (Å²) in [5, 5.41) is 0. The molecule has 0 aliphatic heterocycles. The van der Waals surface area contributed by atoms with E-state index < -0.39 is 0 Å². The van der Waals surface area contributed by atoms with E-state index in [1.54, 1.807) is 30.3 Å². The average Bonchev–Trinajstić information content (AvgIpc) is 2.78. The first kappa shape index (κ1) is 22.5. The number of halogens is 1. The van der Waals surface area contributed by atoms with Gasteiger partial charge in [0.05, 0.1) is 12.2 Å². The van der Waals surface area contributed by atoms with Gasteiger partial charge in [0.1, 0.15) is 5.82 Å². The zero-order valence-electron chi connectivity index (χ0n) is 18.5. The SMILES string of the molecule is CCCCC[C@H]1CC[C@H](c2ccc(-c3ccc(C(=O)OCCC)cc3)c(F)c2)CC1. The highest BCUT2D eigenvalue weighted by atomic mass is 19.1. The molecular weight excluding hydrogens is 375 g/mol. The van der Waals surface area contributed by atoms with Crippen LogP contribution in [0.1, 0.15) is 93.5 Å². The van der Waals surface area contributed by atoms with Crippen LogP contribution in [0.5, 0.6) is 0 Å². The Balaban J connectivity index is 1.61. The molecule has 1 saturated carbocycles. The molecule has 2 aromatic carbocycles. The summed E-state index contributed by atoms with van der Waals surface area (Å²) < 4.78 is 20.1. The van der Waals surface area contributed by atoms with Gasteiger partial charge in [-0.1, -0.05) is 63.8 Å². The van der Waals surface area contributed by atoms with Crippen molar-refractivity contribution in [2.24, 2.45) is 5.92 Å². The molecule has 0 aromatic heterocycles. The Bertz CT molecular complexity index is 804. The van der Waals surface area contributed by atoms with Gasteiger partial charge in [-0.25, -0.2) is 9.18 Å². The minimum atomic E-state index is -0.329. The molecule has 162 valence electrons. The Labute approximate surface area is 180 Å². The van der Waals surface area contributed by atoms with Crippen LogP contribution >= 0.6 is 0 Å². The number of esters is 1. The molecule has 0 spiro atoms. The standard InChI is InChI=1S/C27H35FO2/c1-3-5-6-7-20-8-10-21(11-9-20)24-16-17-25(26(28)19-24)22-12-14-23(15-13-22)27(29)30-18-4-2/h12-17,19-21H,3-11,18H2,1-2H3/t20-,21-. The van der Waals surface area contributed by atoms with Crippen molar-refractivity contribution in [3.05, 3.63) is 59.4 Å². The lowest BCUT2D eigenvalue weighted by molar-refractivity contribution is 0.0505. The molecule has 0 amide bonds. The molecule has 1 fully saturated rings. The molecule has 30 heavy (non-hydrogen) atoms. The third kappa shape index (κ3) is 5.93. The fraction of sp³-hybridized carbons (Fsp3) is 0.519. The number of rotatable bonds is 9. The van der Waals surface area contributed by atoms with E-state index in [4.69, 9.17) is 4.74 Å². The molecule has 0 atom stereocenters. The first-order valence-corrected chi connectivity index (χ1v) is 11.7. The van der Waals surface area contributed by atoms with Crippen molar-refractivity contribution in [2.75, 3.05) is 6.61 Å². The third-order valence-corrected chi connectivity index (χ3v) is 6.40. The summed E-state index contributed by atoms with van der Waals surface area (Å²) in [7, 11) is 0. The van der Waals surface area contributed by atoms with Crippen LogP contribution in [-0.2, 0) is 4.74 Å². The van der Waals surface area contributed by atoms with Gasteiger partial charge < -0.3 is 4.74 Å². The van der Waals surface area contributed by atoms with Gasteiger partial charge in [0.25, 0.3) is 0 Å². The molecule has 3 heteroatoms. The highest BCUT2D eigenvalue weighted by Crippen LogP contribution is 2.38. The fourth-order valence-electron chi connectivity index (χ4n) is 4.55. The molecule has 0 unspecified atom stereocenters. The second-order valence-corrected chi connectivity index (χ2v) is 8.67. The van der Waals surface area contributed by atoms with Crippen molar-refractivity contribution >= 4 is 5.97 Å². The lowest BCUT2D eigenvalue weighted by Crippen LogP contribution is -2.13. The Kier molecular flexibility index (Phi) is 8.48. The van der Waals surface area contributed by atoms with Gasteiger partial charge in [0.2, 0.25) is 0 Å². The highest BCUT2D eigenvalue weighted by molar-refractivity contribution is 5.90. The lowest BCUT2D eigenvalue weighted by Gasteiger charge is -2.29. The Morgan fingerprint density at radius 3 is 2.33 bits per heavy atom. The topological polar surface area (TPSA) is 26.3 Å². The van der Waals surface area contributed by atoms with E-state index in [9.17, 15) is 9.18 Å². The van der Waals surface area contributed by atoms with Crippen molar-refractivity contribution in [1.29, 1.82) is 0 Å². The van der Waals surface area contributed by atoms with Crippen molar-refractivity contribution in [3.63, 3.8) is 0 Å². The largest absolute Gasteiger partial charge is 0.462 e. The van der Waals surface area contributed by atoms with Gasteiger partial charge in [0, 0.05) is 5.56 Å². The number of ether oxygens (including phenoxy) is 1. The molecule has 0 saturated heterocycles. The predicted octanol–water partition coefficient (Wildman–Crippen LogP) is 7.91. The Hall–Kier alpha value is -2.16. The summed E-state index contributed by atoms with van der Waals surface area (Å²) in [6, 6.07) is 12.7. The first-order chi connectivity index (χ1) is 14.6. The van der Waals surface area contributed by atoms with E-state index in [1.807, 2.05) is 13.0 Å². The summed E-state index contributed by atoms with van der Waals surface area (Å²) in [5.74, 6) is 0.828. The van der Waals surface area contributed by atoms with Crippen molar-refractivity contribution in [3.8, 4) is 11.1 Å². The van der Waals surface area contributed by atoms with Crippen LogP contribution in [0.4, 0.5) is 4.39 Å². The van der Waals surface area contributed by atoms with Gasteiger partial charge >= 0.3 is 5.97 Å². The molecule has 0 heterocycles. The number of carbonyl (C=O) groups excluding carboxylic acids is 1. The van der Waals surface area contributed by atoms with Crippen molar-refractivity contribution in [1.82, 2.24) is 0 Å². The van der Waals surface area contributed by atoms with Crippen LogP contribution < -0.4 is 0 Å². The maximum absolute atomic E-state index is 14.9. The molecule has 0 bridgehead atoms. The van der Waals surface area contributed by atoms with E-state index in [0.29, 0.717) is 23.7 Å². The van der Waals surface area contributed by atoms with Crippen LogP contribution in [0.2, 0.25) is 0 Å². The van der Waals surface area contributed by atoms with Crippen LogP contribution in [0.3, 0.4) is 0 Å². The summed E-state index contributed by atoms with van der Waals surface area (Å²) in [6.07, 6.45) is 11.0. The van der Waals surface area contributed by atoms with E-state index in [1.165, 1.54) is 51.4 Å². The number of unbranched alkanes of at least 4 members (excludes halogenated alkanes) is 2. The molecule has 0 N–H and O–H groups in total. The van der Waals surface area contributed by atoms with Gasteiger partial charge in [0.15, 0.2) is 0 Å². The Morgan fingerprint density at radius 1 is 0.967 bits per heavy atom. The minimum Gasteiger partial charge on any atom is -0.462 e.